The van der Waals surface area contributed by atoms with Gasteiger partial charge in [0.15, 0.2) is 22.9 Å². The van der Waals surface area contributed by atoms with E-state index in [4.69, 9.17) is 4.52 Å². The molecule has 42 heavy (non-hydrogen) atoms. The summed E-state index contributed by atoms with van der Waals surface area (Å²) in [6.45, 7) is 1.78. The number of nitrogens with one attached hydrogen (secondary N) is 2. The molecule has 0 aliphatic heterocycles. The molecule has 7 rings (SSSR count). The Bertz CT molecular complexity index is 1880. The van der Waals surface area contributed by atoms with E-state index in [2.05, 4.69) is 30.7 Å². The van der Waals surface area contributed by atoms with Crippen molar-refractivity contribution in [1.82, 2.24) is 29.1 Å². The van der Waals surface area contributed by atoms with E-state index in [-0.39, 0.29) is 36.0 Å². The number of hydrogen-bond donors (Lipinski definition) is 2. The van der Waals surface area contributed by atoms with E-state index in [1.165, 1.54) is 22.9 Å². The van der Waals surface area contributed by atoms with Crippen LogP contribution in [0.15, 0.2) is 41.4 Å². The lowest BCUT2D eigenvalue weighted by Crippen LogP contribution is -2.28. The molecule has 5 heterocycles. The second-order valence-corrected chi connectivity index (χ2v) is 10.5. The zero-order chi connectivity index (χ0) is 29.6. The summed E-state index contributed by atoms with van der Waals surface area (Å²) in [5, 5.41) is 8.86. The second-order valence-electron chi connectivity index (χ2n) is 10.5. The van der Waals surface area contributed by atoms with Crippen LogP contribution in [0, 0.1) is 6.92 Å². The minimum atomic E-state index is -4.78. The van der Waals surface area contributed by atoms with Gasteiger partial charge in [-0.1, -0.05) is 5.16 Å². The first-order valence-electron chi connectivity index (χ1n) is 12.9. The van der Waals surface area contributed by atoms with Gasteiger partial charge in [0.2, 0.25) is 0 Å². The summed E-state index contributed by atoms with van der Waals surface area (Å²) in [7, 11) is 0. The Morgan fingerprint density at radius 3 is 2.48 bits per heavy atom. The fourth-order valence-corrected chi connectivity index (χ4v) is 5.21. The van der Waals surface area contributed by atoms with Gasteiger partial charge in [-0.25, -0.2) is 19.7 Å². The Hall–Kier alpha value is -4.63. The lowest BCUT2D eigenvalue weighted by Gasteiger charge is -2.15. The number of aryl methyl sites for hydroxylation is 1. The Morgan fingerprint density at radius 2 is 1.81 bits per heavy atom. The van der Waals surface area contributed by atoms with Gasteiger partial charge < -0.3 is 14.4 Å². The van der Waals surface area contributed by atoms with Crippen molar-refractivity contribution in [2.45, 2.75) is 56.4 Å². The molecular weight excluding hydrogens is 570 g/mol. The van der Waals surface area contributed by atoms with Crippen LogP contribution < -0.4 is 10.6 Å². The summed E-state index contributed by atoms with van der Waals surface area (Å²) < 4.78 is 89.6. The van der Waals surface area contributed by atoms with Crippen molar-refractivity contribution in [3.8, 4) is 11.3 Å². The number of imidazole rings is 1. The summed E-state index contributed by atoms with van der Waals surface area (Å²) in [5.74, 6) is -0.710. The number of carbonyl (C=O) groups excluding carboxylic acids is 1. The van der Waals surface area contributed by atoms with Gasteiger partial charge in [0.25, 0.3) is 0 Å². The van der Waals surface area contributed by atoms with Gasteiger partial charge in [-0.15, -0.1) is 0 Å². The molecule has 2 aliphatic carbocycles. The third-order valence-electron chi connectivity index (χ3n) is 7.68. The minimum Gasteiger partial charge on any atom is -0.358 e. The minimum absolute atomic E-state index is 0.0803. The van der Waals surface area contributed by atoms with Gasteiger partial charge in [-0.05, 0) is 44.7 Å². The number of amides is 2. The second kappa shape index (κ2) is 8.69. The first-order valence-corrected chi connectivity index (χ1v) is 12.9. The number of pyridine rings is 1. The number of aromatic nitrogens is 6. The molecule has 0 spiro atoms. The van der Waals surface area contributed by atoms with E-state index in [9.17, 15) is 31.1 Å². The number of rotatable bonds is 5. The van der Waals surface area contributed by atoms with Crippen LogP contribution in [0.2, 0.25) is 0 Å². The molecule has 10 nitrogen and oxygen atoms in total. The van der Waals surface area contributed by atoms with Crippen LogP contribution in [-0.4, -0.2) is 41.3 Å². The van der Waals surface area contributed by atoms with Crippen molar-refractivity contribution in [1.29, 1.82) is 0 Å². The number of anilines is 2. The Kier molecular flexibility index (Phi) is 5.44. The fraction of sp³-hybridized carbons (Fsp3) is 0.346. The first kappa shape index (κ1) is 26.3. The van der Waals surface area contributed by atoms with Crippen LogP contribution in [0.1, 0.15) is 48.9 Å². The summed E-state index contributed by atoms with van der Waals surface area (Å²) in [4.78, 5) is 25.2. The quantitative estimate of drug-likeness (QED) is 0.222. The average Bonchev–Trinajstić information content (AvgIpc) is 3.78. The largest absolute Gasteiger partial charge is 0.434 e. The maximum absolute atomic E-state index is 13.8. The molecule has 16 heteroatoms. The molecule has 0 bridgehead atoms. The van der Waals surface area contributed by atoms with E-state index in [0.717, 1.165) is 25.1 Å². The summed E-state index contributed by atoms with van der Waals surface area (Å²) in [5.41, 5.74) is -1.33. The maximum atomic E-state index is 13.8. The topological polar surface area (TPSA) is 115 Å². The molecule has 2 amide bonds. The monoisotopic (exact) mass is 590 g/mol. The molecule has 5 aromatic heterocycles. The number of urea groups is 1. The highest BCUT2D eigenvalue weighted by Gasteiger charge is 2.67. The number of hydrogen-bond acceptors (Lipinski definition) is 6. The summed E-state index contributed by atoms with van der Waals surface area (Å²) in [6, 6.07) is 3.18. The average molecular weight is 590 g/mol. The number of fused-ring (bicyclic) bond motifs is 2. The van der Waals surface area contributed by atoms with Crippen molar-refractivity contribution < 1.29 is 35.7 Å². The van der Waals surface area contributed by atoms with E-state index in [0.29, 0.717) is 28.0 Å². The molecule has 0 radical (unpaired) electrons. The van der Waals surface area contributed by atoms with Gasteiger partial charge in [0.1, 0.15) is 17.4 Å². The zero-order valence-corrected chi connectivity index (χ0v) is 21.6. The van der Waals surface area contributed by atoms with Crippen molar-refractivity contribution in [3.63, 3.8) is 0 Å². The number of halogens is 6. The SMILES string of the molecule is Cc1ncnc2c1c(-c1ccc(NC(=O)Nc3cc(C4(C(F)(F)F)CC4)on3)c3nc(C(F)(F)F)cn13)cn2C1CC1. The summed E-state index contributed by atoms with van der Waals surface area (Å²) in [6.07, 6.45) is -3.62. The van der Waals surface area contributed by atoms with Crippen molar-refractivity contribution in [3.05, 3.63) is 54.1 Å². The molecule has 2 N–H and O–H groups in total. The van der Waals surface area contributed by atoms with Crippen LogP contribution in [0.3, 0.4) is 0 Å². The zero-order valence-electron chi connectivity index (χ0n) is 21.6. The van der Waals surface area contributed by atoms with Crippen LogP contribution in [-0.2, 0) is 11.6 Å². The number of alkyl halides is 6. The Morgan fingerprint density at radius 1 is 1.05 bits per heavy atom. The van der Waals surface area contributed by atoms with Crippen LogP contribution in [0.5, 0.6) is 0 Å². The number of carbonyl (C=O) groups is 1. The molecule has 0 aromatic carbocycles. The van der Waals surface area contributed by atoms with E-state index in [1.807, 2.05) is 10.8 Å². The highest BCUT2D eigenvalue weighted by Crippen LogP contribution is 2.59. The lowest BCUT2D eigenvalue weighted by atomic mass is 10.0. The normalized spacial score (nSPS) is 16.7. The number of nitrogens with zero attached hydrogens (tertiary/aromatic N) is 6. The molecule has 0 saturated heterocycles. The molecule has 2 fully saturated rings. The Balaban J connectivity index is 1.25. The molecule has 218 valence electrons. The highest BCUT2D eigenvalue weighted by atomic mass is 19.4. The molecule has 0 atom stereocenters. The van der Waals surface area contributed by atoms with Crippen LogP contribution >= 0.6 is 0 Å². The highest BCUT2D eigenvalue weighted by molar-refractivity contribution is 6.02. The van der Waals surface area contributed by atoms with Crippen molar-refractivity contribution in [2.24, 2.45) is 0 Å². The lowest BCUT2D eigenvalue weighted by molar-refractivity contribution is -0.165. The van der Waals surface area contributed by atoms with Gasteiger partial charge in [0.05, 0.1) is 17.1 Å². The fourth-order valence-electron chi connectivity index (χ4n) is 5.21. The van der Waals surface area contributed by atoms with Gasteiger partial charge >= 0.3 is 18.4 Å². The predicted octanol–water partition coefficient (Wildman–Crippen LogP) is 6.63. The van der Waals surface area contributed by atoms with Crippen LogP contribution in [0.25, 0.3) is 27.9 Å². The van der Waals surface area contributed by atoms with Gasteiger partial charge in [0, 0.05) is 35.5 Å². The van der Waals surface area contributed by atoms with Crippen molar-refractivity contribution >= 4 is 34.2 Å². The van der Waals surface area contributed by atoms with Gasteiger partial charge in [-0.2, -0.15) is 26.3 Å². The smallest absolute Gasteiger partial charge is 0.358 e. The van der Waals surface area contributed by atoms with E-state index < -0.39 is 35.3 Å². The Labute approximate surface area is 231 Å². The first-order chi connectivity index (χ1) is 19.9. The maximum Gasteiger partial charge on any atom is 0.434 e. The molecule has 2 saturated carbocycles. The van der Waals surface area contributed by atoms with E-state index >= 15 is 0 Å². The molecular formula is C26H20F6N8O2. The summed E-state index contributed by atoms with van der Waals surface area (Å²) >= 11 is 0. The third kappa shape index (κ3) is 4.15. The van der Waals surface area contributed by atoms with Crippen molar-refractivity contribution in [2.75, 3.05) is 10.6 Å². The molecule has 2 aliphatic rings. The standard InChI is InChI=1S/C26H20F6N8O2/c1-12-20-14(9-39(13-2-3-13)22(20)34-11-33-12)16-5-4-15(21-36-17(10-40(16)21)25(27,28)29)35-23(41)37-19-8-18(42-38-19)24(6-7-24)26(30,31)32/h4-5,8-11,13H,2-3,6-7H2,1H3,(H2,35,37,38,41). The van der Waals surface area contributed by atoms with Gasteiger partial charge in [-0.3, -0.25) is 9.72 Å². The molecule has 0 unspecified atom stereocenters. The van der Waals surface area contributed by atoms with E-state index in [1.54, 1.807) is 6.92 Å². The predicted molar refractivity (Wildman–Crippen MR) is 136 cm³/mol. The third-order valence-corrected chi connectivity index (χ3v) is 7.68. The van der Waals surface area contributed by atoms with Crippen LogP contribution in [0.4, 0.5) is 42.6 Å². The molecule has 5 aromatic rings.